The largest absolute Gasteiger partial charge is 0.300 e. The molecule has 2 unspecified atom stereocenters. The molecule has 4 fully saturated rings. The SMILES string of the molecule is CC12CC(=O)CC1(C)CC(=O)C2.O=C1CCC2CCCCC2C1. The van der Waals surface area contributed by atoms with Crippen molar-refractivity contribution < 1.29 is 14.4 Å². The molecular weight excluding hydrogens is 288 g/mol. The number of carbonyl (C=O) groups excluding carboxylic acids is 3. The Morgan fingerprint density at radius 2 is 1.17 bits per heavy atom. The quantitative estimate of drug-likeness (QED) is 0.670. The Kier molecular flexibility index (Phi) is 4.50. The van der Waals surface area contributed by atoms with Gasteiger partial charge in [-0.2, -0.15) is 0 Å². The predicted octanol–water partition coefficient (Wildman–Crippen LogP) is 4.27. The van der Waals surface area contributed by atoms with Gasteiger partial charge >= 0.3 is 0 Å². The third-order valence-electron chi connectivity index (χ3n) is 7.16. The van der Waals surface area contributed by atoms with Crippen molar-refractivity contribution in [3.05, 3.63) is 0 Å². The van der Waals surface area contributed by atoms with Gasteiger partial charge in [0.2, 0.25) is 0 Å². The lowest BCUT2D eigenvalue weighted by Gasteiger charge is -2.34. The first-order valence-corrected chi connectivity index (χ1v) is 9.36. The van der Waals surface area contributed by atoms with Crippen LogP contribution in [0.2, 0.25) is 0 Å². The van der Waals surface area contributed by atoms with E-state index in [4.69, 9.17) is 0 Å². The average molecular weight is 318 g/mol. The third kappa shape index (κ3) is 3.29. The molecule has 3 heteroatoms. The van der Waals surface area contributed by atoms with Crippen LogP contribution >= 0.6 is 0 Å². The van der Waals surface area contributed by atoms with E-state index in [0.717, 1.165) is 24.7 Å². The minimum absolute atomic E-state index is 0.0127. The summed E-state index contributed by atoms with van der Waals surface area (Å²) in [5.41, 5.74) is -0.0255. The molecule has 0 radical (unpaired) electrons. The number of ketones is 3. The number of rotatable bonds is 0. The van der Waals surface area contributed by atoms with Crippen LogP contribution in [-0.4, -0.2) is 17.3 Å². The molecule has 0 aliphatic heterocycles. The van der Waals surface area contributed by atoms with E-state index in [1.165, 1.54) is 32.1 Å². The molecule has 4 aliphatic carbocycles. The Morgan fingerprint density at radius 3 is 1.70 bits per heavy atom. The summed E-state index contributed by atoms with van der Waals surface area (Å²) in [6, 6.07) is 0. The van der Waals surface area contributed by atoms with E-state index in [2.05, 4.69) is 13.8 Å². The van der Waals surface area contributed by atoms with Crippen molar-refractivity contribution in [1.29, 1.82) is 0 Å². The van der Waals surface area contributed by atoms with Crippen molar-refractivity contribution in [1.82, 2.24) is 0 Å². The van der Waals surface area contributed by atoms with Crippen LogP contribution in [0.25, 0.3) is 0 Å². The zero-order valence-corrected chi connectivity index (χ0v) is 14.7. The van der Waals surface area contributed by atoms with Gasteiger partial charge in [-0.15, -0.1) is 0 Å². The number of hydrogen-bond acceptors (Lipinski definition) is 3. The molecule has 128 valence electrons. The van der Waals surface area contributed by atoms with Crippen LogP contribution < -0.4 is 0 Å². The number of carbonyl (C=O) groups is 3. The Hall–Kier alpha value is -0.990. The number of fused-ring (bicyclic) bond motifs is 2. The molecule has 0 aromatic carbocycles. The first-order valence-electron chi connectivity index (χ1n) is 9.36. The summed E-state index contributed by atoms with van der Waals surface area (Å²) in [6.07, 6.45) is 11.0. The zero-order valence-electron chi connectivity index (χ0n) is 14.7. The molecule has 0 bridgehead atoms. The van der Waals surface area contributed by atoms with Crippen molar-refractivity contribution in [2.45, 2.75) is 84.5 Å². The van der Waals surface area contributed by atoms with Crippen molar-refractivity contribution >= 4 is 17.3 Å². The summed E-state index contributed by atoms with van der Waals surface area (Å²) in [5, 5.41) is 0. The molecule has 0 spiro atoms. The second-order valence-corrected chi connectivity index (χ2v) is 8.99. The second-order valence-electron chi connectivity index (χ2n) is 8.99. The molecule has 0 aromatic heterocycles. The normalized spacial score (nSPS) is 42.8. The molecule has 2 atom stereocenters. The molecule has 0 N–H and O–H groups in total. The standard InChI is InChI=1S/C10H14O2.C10H16O/c1-9-3-7(11)5-10(9,2)6-8(12)4-9;11-10-6-5-8-3-1-2-4-9(8)7-10/h3-6H2,1-2H3;8-9H,1-7H2. The van der Waals surface area contributed by atoms with E-state index >= 15 is 0 Å². The van der Waals surface area contributed by atoms with Gasteiger partial charge in [0.1, 0.15) is 17.3 Å². The van der Waals surface area contributed by atoms with Gasteiger partial charge in [0.05, 0.1) is 0 Å². The highest BCUT2D eigenvalue weighted by atomic mass is 16.1. The van der Waals surface area contributed by atoms with Crippen molar-refractivity contribution in [3.63, 3.8) is 0 Å². The first kappa shape index (κ1) is 16.9. The number of hydrogen-bond donors (Lipinski definition) is 0. The zero-order chi connectivity index (χ0) is 16.7. The van der Waals surface area contributed by atoms with Crippen LogP contribution in [0.1, 0.15) is 84.5 Å². The van der Waals surface area contributed by atoms with Crippen molar-refractivity contribution in [3.8, 4) is 0 Å². The lowest BCUT2D eigenvalue weighted by atomic mass is 9.71. The second kappa shape index (κ2) is 6.14. The van der Waals surface area contributed by atoms with Gasteiger partial charge in [0.15, 0.2) is 0 Å². The van der Waals surface area contributed by atoms with Crippen LogP contribution in [0, 0.1) is 22.7 Å². The molecule has 3 nitrogen and oxygen atoms in total. The molecular formula is C20H30O3. The van der Waals surface area contributed by atoms with Gasteiger partial charge in [0.25, 0.3) is 0 Å². The smallest absolute Gasteiger partial charge is 0.134 e. The molecule has 0 saturated heterocycles. The van der Waals surface area contributed by atoms with Gasteiger partial charge in [-0.1, -0.05) is 33.1 Å². The van der Waals surface area contributed by atoms with Gasteiger partial charge < -0.3 is 0 Å². The fourth-order valence-electron chi connectivity index (χ4n) is 5.52. The first-order chi connectivity index (χ1) is 10.8. The molecule has 23 heavy (non-hydrogen) atoms. The van der Waals surface area contributed by atoms with Crippen molar-refractivity contribution in [2.24, 2.45) is 22.7 Å². The monoisotopic (exact) mass is 318 g/mol. The lowest BCUT2D eigenvalue weighted by molar-refractivity contribution is -0.123. The van der Waals surface area contributed by atoms with E-state index in [1.807, 2.05) is 0 Å². The van der Waals surface area contributed by atoms with Crippen LogP contribution in [0.5, 0.6) is 0 Å². The van der Waals surface area contributed by atoms with Gasteiger partial charge in [-0.3, -0.25) is 14.4 Å². The Morgan fingerprint density at radius 1 is 0.696 bits per heavy atom. The fourth-order valence-corrected chi connectivity index (χ4v) is 5.52. The minimum atomic E-state index is -0.0127. The molecule has 0 heterocycles. The van der Waals surface area contributed by atoms with Gasteiger partial charge in [0, 0.05) is 38.5 Å². The molecule has 0 aromatic rings. The highest BCUT2D eigenvalue weighted by molar-refractivity contribution is 5.90. The maximum absolute atomic E-state index is 11.3. The predicted molar refractivity (Wildman–Crippen MR) is 89.0 cm³/mol. The van der Waals surface area contributed by atoms with E-state index in [0.29, 0.717) is 43.0 Å². The van der Waals surface area contributed by atoms with Crippen LogP contribution in [0.3, 0.4) is 0 Å². The summed E-state index contributed by atoms with van der Waals surface area (Å²) in [7, 11) is 0. The highest BCUT2D eigenvalue weighted by Crippen LogP contribution is 2.59. The fraction of sp³-hybridized carbons (Fsp3) is 0.850. The summed E-state index contributed by atoms with van der Waals surface area (Å²) < 4.78 is 0. The maximum atomic E-state index is 11.3. The molecule has 0 amide bonds. The van der Waals surface area contributed by atoms with Gasteiger partial charge in [-0.25, -0.2) is 0 Å². The minimum Gasteiger partial charge on any atom is -0.300 e. The molecule has 4 aliphatic rings. The van der Waals surface area contributed by atoms with E-state index in [-0.39, 0.29) is 10.8 Å². The summed E-state index contributed by atoms with van der Waals surface area (Å²) in [5.74, 6) is 2.90. The lowest BCUT2D eigenvalue weighted by Crippen LogP contribution is -2.27. The number of Topliss-reactive ketones (excluding diaryl/α,β-unsaturated/α-hetero) is 3. The Balaban J connectivity index is 0.000000136. The van der Waals surface area contributed by atoms with Crippen LogP contribution in [-0.2, 0) is 14.4 Å². The summed E-state index contributed by atoms with van der Waals surface area (Å²) in [6.45, 7) is 4.17. The van der Waals surface area contributed by atoms with Crippen molar-refractivity contribution in [2.75, 3.05) is 0 Å². The Bertz CT molecular complexity index is 475. The van der Waals surface area contributed by atoms with Crippen LogP contribution in [0.4, 0.5) is 0 Å². The molecule has 4 saturated carbocycles. The van der Waals surface area contributed by atoms with Crippen LogP contribution in [0.15, 0.2) is 0 Å². The topological polar surface area (TPSA) is 51.2 Å². The summed E-state index contributed by atoms with van der Waals surface area (Å²) >= 11 is 0. The maximum Gasteiger partial charge on any atom is 0.134 e. The Labute approximate surface area is 139 Å². The van der Waals surface area contributed by atoms with Gasteiger partial charge in [-0.05, 0) is 35.5 Å². The van der Waals surface area contributed by atoms with E-state index < -0.39 is 0 Å². The molecule has 4 rings (SSSR count). The summed E-state index contributed by atoms with van der Waals surface area (Å²) in [4.78, 5) is 33.6. The van der Waals surface area contributed by atoms with E-state index in [1.54, 1.807) is 0 Å². The van der Waals surface area contributed by atoms with E-state index in [9.17, 15) is 14.4 Å². The third-order valence-corrected chi connectivity index (χ3v) is 7.16. The average Bonchev–Trinajstić information content (AvgIpc) is 2.80. The highest BCUT2D eigenvalue weighted by Gasteiger charge is 2.57.